The average molecular weight is 288 g/mol. The lowest BCUT2D eigenvalue weighted by Crippen LogP contribution is -2.43. The highest BCUT2D eigenvalue weighted by atomic mass is 19.1. The van der Waals surface area contributed by atoms with Gasteiger partial charge in [-0.15, -0.1) is 0 Å². The van der Waals surface area contributed by atoms with Gasteiger partial charge in [0.1, 0.15) is 17.0 Å². The molecule has 1 rings (SSSR count). The van der Waals surface area contributed by atoms with Gasteiger partial charge in [-0.25, -0.2) is 9.18 Å². The number of carboxylic acids is 1. The maximum atomic E-state index is 13.5. The normalized spacial score (nSPS) is 13.6. The van der Waals surface area contributed by atoms with E-state index in [1.807, 2.05) is 0 Å². The number of hydrogen-bond acceptors (Lipinski definition) is 4. The number of rotatable bonds is 6. The van der Waals surface area contributed by atoms with Crippen molar-refractivity contribution in [1.29, 1.82) is 0 Å². The zero-order chi connectivity index (χ0) is 15.5. The number of halogens is 2. The van der Waals surface area contributed by atoms with Crippen LogP contribution in [0.25, 0.3) is 0 Å². The van der Waals surface area contributed by atoms with E-state index >= 15 is 0 Å². The van der Waals surface area contributed by atoms with Gasteiger partial charge < -0.3 is 10.4 Å². The number of carboxylic acid groups (broad SMARTS) is 1. The van der Waals surface area contributed by atoms with Crippen molar-refractivity contribution in [3.05, 3.63) is 33.9 Å². The zero-order valence-electron chi connectivity index (χ0n) is 10.9. The second-order valence-corrected chi connectivity index (χ2v) is 4.55. The first-order valence-electron chi connectivity index (χ1n) is 5.86. The van der Waals surface area contributed by atoms with E-state index in [0.29, 0.717) is 18.6 Å². The van der Waals surface area contributed by atoms with Crippen molar-refractivity contribution in [2.24, 2.45) is 0 Å². The van der Waals surface area contributed by atoms with Crippen LogP contribution < -0.4 is 5.32 Å². The number of hydrogen-bond donors (Lipinski definition) is 2. The third-order valence-corrected chi connectivity index (χ3v) is 2.84. The summed E-state index contributed by atoms with van der Waals surface area (Å²) in [6.07, 6.45) is 0.610. The van der Waals surface area contributed by atoms with Gasteiger partial charge in [0.15, 0.2) is 0 Å². The molecule has 8 heteroatoms. The molecular weight excluding hydrogens is 274 g/mol. The smallest absolute Gasteiger partial charge is 0.329 e. The number of nitro benzene ring substituents is 1. The van der Waals surface area contributed by atoms with Crippen LogP contribution in [0.2, 0.25) is 0 Å². The largest absolute Gasteiger partial charge is 0.480 e. The molecular formula is C12H14F2N2O4. The van der Waals surface area contributed by atoms with E-state index in [0.717, 1.165) is 0 Å². The molecule has 0 saturated carbocycles. The molecule has 0 aliphatic carbocycles. The number of anilines is 1. The summed E-state index contributed by atoms with van der Waals surface area (Å²) in [7, 11) is 0. The van der Waals surface area contributed by atoms with Gasteiger partial charge in [-0.1, -0.05) is 13.3 Å². The lowest BCUT2D eigenvalue weighted by molar-refractivity contribution is -0.386. The summed E-state index contributed by atoms with van der Waals surface area (Å²) in [5, 5.41) is 22.4. The Morgan fingerprint density at radius 2 is 2.10 bits per heavy atom. The molecule has 0 spiro atoms. The maximum absolute atomic E-state index is 13.5. The molecule has 0 fully saturated rings. The highest BCUT2D eigenvalue weighted by Crippen LogP contribution is 2.32. The molecule has 1 atom stereocenters. The van der Waals surface area contributed by atoms with Crippen LogP contribution in [0, 0.1) is 21.7 Å². The van der Waals surface area contributed by atoms with Crippen LogP contribution in [0.15, 0.2) is 12.1 Å². The molecule has 2 N–H and O–H groups in total. The van der Waals surface area contributed by atoms with Crippen molar-refractivity contribution < 1.29 is 23.6 Å². The minimum Gasteiger partial charge on any atom is -0.480 e. The molecule has 20 heavy (non-hydrogen) atoms. The predicted octanol–water partition coefficient (Wildman–Crippen LogP) is 2.93. The molecule has 0 amide bonds. The minimum absolute atomic E-state index is 0.137. The van der Waals surface area contributed by atoms with Crippen molar-refractivity contribution >= 4 is 17.3 Å². The quantitative estimate of drug-likeness (QED) is 0.620. The van der Waals surface area contributed by atoms with E-state index in [4.69, 9.17) is 0 Å². The Morgan fingerprint density at radius 3 is 2.55 bits per heavy atom. The highest BCUT2D eigenvalue weighted by Gasteiger charge is 2.35. The molecule has 110 valence electrons. The fraction of sp³-hybridized carbons (Fsp3) is 0.417. The maximum Gasteiger partial charge on any atom is 0.329 e. The first-order chi connectivity index (χ1) is 9.21. The zero-order valence-corrected chi connectivity index (χ0v) is 10.9. The fourth-order valence-corrected chi connectivity index (χ4v) is 1.87. The topological polar surface area (TPSA) is 92.5 Å². The second-order valence-electron chi connectivity index (χ2n) is 4.55. The number of aliphatic carboxylic acids is 1. The van der Waals surface area contributed by atoms with Crippen molar-refractivity contribution in [2.75, 3.05) is 5.32 Å². The molecule has 0 bridgehead atoms. The molecule has 1 unspecified atom stereocenters. The van der Waals surface area contributed by atoms with E-state index in [2.05, 4.69) is 5.32 Å². The Labute approximate surface area is 113 Å². The lowest BCUT2D eigenvalue weighted by atomic mass is 9.95. The van der Waals surface area contributed by atoms with E-state index in [-0.39, 0.29) is 6.42 Å². The first-order valence-corrected chi connectivity index (χ1v) is 5.86. The molecule has 0 aliphatic heterocycles. The lowest BCUT2D eigenvalue weighted by Gasteiger charge is -2.26. The number of nitro groups is 1. The van der Waals surface area contributed by atoms with Gasteiger partial charge in [-0.3, -0.25) is 10.1 Å². The highest BCUT2D eigenvalue weighted by molar-refractivity contribution is 5.83. The average Bonchev–Trinajstić information content (AvgIpc) is 2.26. The SMILES string of the molecule is CCCC(C)(Nc1cc(F)cc(F)c1[N+](=O)[O-])C(=O)O. The van der Waals surface area contributed by atoms with Crippen LogP contribution >= 0.6 is 0 Å². The monoisotopic (exact) mass is 288 g/mol. The summed E-state index contributed by atoms with van der Waals surface area (Å²) in [5.74, 6) is -3.65. The first kappa shape index (κ1) is 15.8. The molecule has 1 aromatic rings. The number of benzene rings is 1. The summed E-state index contributed by atoms with van der Waals surface area (Å²) in [5.41, 5.74) is -3.03. The molecule has 0 aromatic heterocycles. The van der Waals surface area contributed by atoms with Crippen molar-refractivity contribution in [3.8, 4) is 0 Å². The van der Waals surface area contributed by atoms with Crippen LogP contribution in [0.5, 0.6) is 0 Å². The van der Waals surface area contributed by atoms with Gasteiger partial charge >= 0.3 is 11.7 Å². The number of carbonyl (C=O) groups is 1. The third kappa shape index (κ3) is 3.19. The Kier molecular flexibility index (Phi) is 4.59. The summed E-state index contributed by atoms with van der Waals surface area (Å²) in [6, 6.07) is 1.08. The van der Waals surface area contributed by atoms with Crippen LogP contribution in [0.4, 0.5) is 20.2 Å². The van der Waals surface area contributed by atoms with Crippen LogP contribution in [-0.4, -0.2) is 21.5 Å². The van der Waals surface area contributed by atoms with E-state index in [9.17, 15) is 28.8 Å². The van der Waals surface area contributed by atoms with Gasteiger partial charge in [0, 0.05) is 12.1 Å². The predicted molar refractivity (Wildman–Crippen MR) is 67.6 cm³/mol. The Bertz CT molecular complexity index is 551. The van der Waals surface area contributed by atoms with Gasteiger partial charge in [0.25, 0.3) is 0 Å². The Balaban J connectivity index is 3.32. The van der Waals surface area contributed by atoms with Crippen molar-refractivity contribution in [2.45, 2.75) is 32.2 Å². The summed E-state index contributed by atoms with van der Waals surface area (Å²) >= 11 is 0. The van der Waals surface area contributed by atoms with Gasteiger partial charge in [-0.2, -0.15) is 4.39 Å². The standard InChI is InChI=1S/C12H14F2N2O4/c1-3-4-12(2,11(17)18)15-9-6-7(13)5-8(14)10(9)16(19)20/h5-6,15H,3-4H2,1-2H3,(H,17,18). The second kappa shape index (κ2) is 5.81. The number of nitrogens with zero attached hydrogens (tertiary/aromatic N) is 1. The van der Waals surface area contributed by atoms with Gasteiger partial charge in [0.2, 0.25) is 5.82 Å². The summed E-state index contributed by atoms with van der Waals surface area (Å²) < 4.78 is 26.6. The van der Waals surface area contributed by atoms with E-state index < -0.39 is 39.4 Å². The van der Waals surface area contributed by atoms with Crippen LogP contribution in [0.3, 0.4) is 0 Å². The minimum atomic E-state index is -1.56. The van der Waals surface area contributed by atoms with Crippen LogP contribution in [-0.2, 0) is 4.79 Å². The molecule has 6 nitrogen and oxygen atoms in total. The van der Waals surface area contributed by atoms with Gasteiger partial charge in [-0.05, 0) is 13.3 Å². The molecule has 0 aliphatic rings. The summed E-state index contributed by atoms with van der Waals surface area (Å²) in [6.45, 7) is 3.02. The van der Waals surface area contributed by atoms with Gasteiger partial charge in [0.05, 0.1) is 4.92 Å². The molecule has 1 aromatic carbocycles. The number of nitrogens with one attached hydrogen (secondary N) is 1. The van der Waals surface area contributed by atoms with Crippen LogP contribution in [0.1, 0.15) is 26.7 Å². The van der Waals surface area contributed by atoms with E-state index in [1.54, 1.807) is 6.92 Å². The summed E-state index contributed by atoms with van der Waals surface area (Å²) in [4.78, 5) is 21.0. The Hall–Kier alpha value is -2.25. The molecule has 0 heterocycles. The molecule has 0 saturated heterocycles. The molecule has 0 radical (unpaired) electrons. The van der Waals surface area contributed by atoms with Crippen molar-refractivity contribution in [1.82, 2.24) is 0 Å². The van der Waals surface area contributed by atoms with Crippen molar-refractivity contribution in [3.63, 3.8) is 0 Å². The fourth-order valence-electron chi connectivity index (χ4n) is 1.87. The Morgan fingerprint density at radius 1 is 1.50 bits per heavy atom. The van der Waals surface area contributed by atoms with E-state index in [1.165, 1.54) is 6.92 Å². The third-order valence-electron chi connectivity index (χ3n) is 2.84.